The number of rotatable bonds is 3. The Morgan fingerprint density at radius 3 is 2.40 bits per heavy atom. The molecule has 1 amide bonds. The molecule has 3 rings (SSSR count). The minimum atomic E-state index is -0.127. The van der Waals surface area contributed by atoms with Crippen molar-refractivity contribution >= 4 is 39.7 Å². The maximum atomic E-state index is 12.4. The molecule has 0 spiro atoms. The second-order valence-electron chi connectivity index (χ2n) is 6.19. The van der Waals surface area contributed by atoms with E-state index in [1.54, 1.807) is 0 Å². The molecule has 0 aliphatic heterocycles. The molecule has 0 unspecified atom stereocenters. The first kappa shape index (κ1) is 17.1. The summed E-state index contributed by atoms with van der Waals surface area (Å²) in [7, 11) is 0. The minimum absolute atomic E-state index is 0.127. The van der Waals surface area contributed by atoms with Gasteiger partial charge in [0.2, 0.25) is 5.91 Å². The van der Waals surface area contributed by atoms with E-state index in [-0.39, 0.29) is 12.3 Å². The number of benzene rings is 3. The highest BCUT2D eigenvalue weighted by molar-refractivity contribution is 7.80. The number of fused-ring (bicyclic) bond motifs is 1. The van der Waals surface area contributed by atoms with Crippen LogP contribution in [0.1, 0.15) is 16.7 Å². The molecule has 3 aromatic rings. The van der Waals surface area contributed by atoms with Gasteiger partial charge >= 0.3 is 0 Å². The quantitative estimate of drug-likeness (QED) is 0.684. The molecule has 2 N–H and O–H groups in total. The second kappa shape index (κ2) is 7.45. The van der Waals surface area contributed by atoms with E-state index in [4.69, 9.17) is 12.2 Å². The van der Waals surface area contributed by atoms with Crippen molar-refractivity contribution in [3.8, 4) is 0 Å². The lowest BCUT2D eigenvalue weighted by molar-refractivity contribution is -0.119. The second-order valence-corrected chi connectivity index (χ2v) is 6.60. The van der Waals surface area contributed by atoms with Crippen molar-refractivity contribution in [1.29, 1.82) is 0 Å². The third-order valence-corrected chi connectivity index (χ3v) is 4.17. The van der Waals surface area contributed by atoms with Gasteiger partial charge in [-0.3, -0.25) is 4.79 Å². The number of anilines is 1. The van der Waals surface area contributed by atoms with Crippen LogP contribution in [0, 0.1) is 13.8 Å². The van der Waals surface area contributed by atoms with Crippen molar-refractivity contribution in [3.63, 3.8) is 0 Å². The highest BCUT2D eigenvalue weighted by Gasteiger charge is 2.09. The molecule has 0 aliphatic carbocycles. The van der Waals surface area contributed by atoms with Crippen LogP contribution in [0.3, 0.4) is 0 Å². The third-order valence-electron chi connectivity index (χ3n) is 3.96. The van der Waals surface area contributed by atoms with Crippen molar-refractivity contribution < 1.29 is 4.79 Å². The van der Waals surface area contributed by atoms with E-state index >= 15 is 0 Å². The maximum Gasteiger partial charge on any atom is 0.230 e. The molecule has 4 heteroatoms. The van der Waals surface area contributed by atoms with Gasteiger partial charge in [-0.2, -0.15) is 0 Å². The van der Waals surface area contributed by atoms with E-state index < -0.39 is 0 Å². The first-order chi connectivity index (χ1) is 12.0. The molecule has 126 valence electrons. The van der Waals surface area contributed by atoms with Crippen molar-refractivity contribution in [2.24, 2.45) is 0 Å². The maximum absolute atomic E-state index is 12.4. The summed E-state index contributed by atoms with van der Waals surface area (Å²) in [5.41, 5.74) is 4.16. The Kier molecular flexibility index (Phi) is 5.10. The molecule has 25 heavy (non-hydrogen) atoms. The van der Waals surface area contributed by atoms with Gasteiger partial charge in [0.25, 0.3) is 0 Å². The molecular weight excluding hydrogens is 328 g/mol. The monoisotopic (exact) mass is 348 g/mol. The summed E-state index contributed by atoms with van der Waals surface area (Å²) in [6.07, 6.45) is 0.288. The number of hydrogen-bond donors (Lipinski definition) is 2. The summed E-state index contributed by atoms with van der Waals surface area (Å²) >= 11 is 5.27. The van der Waals surface area contributed by atoms with Crippen molar-refractivity contribution in [2.45, 2.75) is 20.3 Å². The van der Waals surface area contributed by atoms with E-state index in [1.807, 2.05) is 68.4 Å². The van der Waals surface area contributed by atoms with Gasteiger partial charge in [0.1, 0.15) is 0 Å². The van der Waals surface area contributed by atoms with E-state index in [2.05, 4.69) is 16.7 Å². The van der Waals surface area contributed by atoms with Crippen LogP contribution in [0.5, 0.6) is 0 Å². The van der Waals surface area contributed by atoms with Crippen LogP contribution >= 0.6 is 12.2 Å². The lowest BCUT2D eigenvalue weighted by Gasteiger charge is -2.12. The average Bonchev–Trinajstić information content (AvgIpc) is 2.54. The molecule has 0 aliphatic rings. The molecule has 0 bridgehead atoms. The van der Waals surface area contributed by atoms with Crippen molar-refractivity contribution in [3.05, 3.63) is 77.4 Å². The number of hydrogen-bond acceptors (Lipinski definition) is 2. The Bertz CT molecular complexity index is 924. The first-order valence-corrected chi connectivity index (χ1v) is 8.58. The molecule has 0 radical (unpaired) electrons. The van der Waals surface area contributed by atoms with E-state index in [0.717, 1.165) is 33.2 Å². The fourth-order valence-corrected chi connectivity index (χ4v) is 3.23. The van der Waals surface area contributed by atoms with Gasteiger partial charge < -0.3 is 10.6 Å². The van der Waals surface area contributed by atoms with Crippen LogP contribution in [0.4, 0.5) is 5.69 Å². The average molecular weight is 348 g/mol. The number of carbonyl (C=O) groups is 1. The fraction of sp³-hybridized carbons (Fsp3) is 0.143. The first-order valence-electron chi connectivity index (χ1n) is 8.17. The van der Waals surface area contributed by atoms with Gasteiger partial charge in [0, 0.05) is 5.69 Å². The molecule has 0 saturated heterocycles. The summed E-state index contributed by atoms with van der Waals surface area (Å²) in [4.78, 5) is 12.4. The zero-order chi connectivity index (χ0) is 17.8. The highest BCUT2D eigenvalue weighted by atomic mass is 32.1. The molecule has 0 aromatic heterocycles. The van der Waals surface area contributed by atoms with Crippen LogP contribution in [0.25, 0.3) is 10.8 Å². The van der Waals surface area contributed by atoms with Gasteiger partial charge in [0.05, 0.1) is 6.42 Å². The van der Waals surface area contributed by atoms with Crippen molar-refractivity contribution in [2.75, 3.05) is 5.32 Å². The molecule has 3 nitrogen and oxygen atoms in total. The van der Waals surface area contributed by atoms with Crippen LogP contribution in [-0.4, -0.2) is 11.0 Å². The molecule has 0 atom stereocenters. The van der Waals surface area contributed by atoms with Crippen molar-refractivity contribution in [1.82, 2.24) is 5.32 Å². The van der Waals surface area contributed by atoms with E-state index in [0.29, 0.717) is 5.11 Å². The summed E-state index contributed by atoms with van der Waals surface area (Å²) in [6.45, 7) is 4.06. The Balaban J connectivity index is 1.66. The molecule has 0 heterocycles. The number of aryl methyl sites for hydroxylation is 2. The smallest absolute Gasteiger partial charge is 0.230 e. The van der Waals surface area contributed by atoms with Gasteiger partial charge in [0.15, 0.2) is 5.11 Å². The summed E-state index contributed by atoms with van der Waals surface area (Å²) in [6, 6.07) is 20.1. The number of thiocarbonyl (C=S) groups is 1. The van der Waals surface area contributed by atoms with Crippen LogP contribution < -0.4 is 10.6 Å². The number of nitrogens with one attached hydrogen (secondary N) is 2. The number of carbonyl (C=O) groups excluding carboxylic acids is 1. The largest absolute Gasteiger partial charge is 0.332 e. The van der Waals surface area contributed by atoms with Gasteiger partial charge in [-0.05, 0) is 65.7 Å². The van der Waals surface area contributed by atoms with Gasteiger partial charge in [-0.15, -0.1) is 0 Å². The standard InChI is InChI=1S/C21H20N2OS/c1-14-10-15(2)12-18(11-14)22-21(25)23-20(24)13-17-8-5-7-16-6-3-4-9-19(16)17/h3-12H,13H2,1-2H3,(H2,22,23,24,25). The zero-order valence-corrected chi connectivity index (χ0v) is 15.1. The van der Waals surface area contributed by atoms with Gasteiger partial charge in [-0.25, -0.2) is 0 Å². The predicted octanol–water partition coefficient (Wildman–Crippen LogP) is 4.51. The van der Waals surface area contributed by atoms with E-state index in [9.17, 15) is 4.79 Å². The lowest BCUT2D eigenvalue weighted by Crippen LogP contribution is -2.35. The SMILES string of the molecule is Cc1cc(C)cc(NC(=S)NC(=O)Cc2cccc3ccccc23)c1. The van der Waals surface area contributed by atoms with Gasteiger partial charge in [-0.1, -0.05) is 48.5 Å². The summed E-state index contributed by atoms with van der Waals surface area (Å²) in [5.74, 6) is -0.127. The zero-order valence-electron chi connectivity index (χ0n) is 14.3. The Labute approximate surface area is 153 Å². The molecule has 0 saturated carbocycles. The van der Waals surface area contributed by atoms with E-state index in [1.165, 1.54) is 0 Å². The Hall–Kier alpha value is -2.72. The van der Waals surface area contributed by atoms with Crippen LogP contribution in [-0.2, 0) is 11.2 Å². The Morgan fingerprint density at radius 1 is 0.960 bits per heavy atom. The minimum Gasteiger partial charge on any atom is -0.332 e. The fourth-order valence-electron chi connectivity index (χ4n) is 3.00. The lowest BCUT2D eigenvalue weighted by atomic mass is 10.0. The van der Waals surface area contributed by atoms with Crippen LogP contribution in [0.15, 0.2) is 60.7 Å². The normalized spacial score (nSPS) is 10.5. The molecule has 0 fully saturated rings. The topological polar surface area (TPSA) is 41.1 Å². The summed E-state index contributed by atoms with van der Waals surface area (Å²) in [5, 5.41) is 8.37. The molecule has 3 aromatic carbocycles. The summed E-state index contributed by atoms with van der Waals surface area (Å²) < 4.78 is 0. The molecular formula is C21H20N2OS. The third kappa shape index (κ3) is 4.43. The predicted molar refractivity (Wildman–Crippen MR) is 108 cm³/mol. The Morgan fingerprint density at radius 2 is 1.64 bits per heavy atom. The van der Waals surface area contributed by atoms with Crippen LogP contribution in [0.2, 0.25) is 0 Å². The number of amides is 1. The highest BCUT2D eigenvalue weighted by Crippen LogP contribution is 2.19.